The third-order valence-corrected chi connectivity index (χ3v) is 3.90. The molecule has 0 heterocycles. The monoisotopic (exact) mass is 288 g/mol. The first-order chi connectivity index (χ1) is 8.16. The SMILES string of the molecule is Fc1cc(Oc2ccccc2)ccc1P(Cl)Cl. The highest BCUT2D eigenvalue weighted by Gasteiger charge is 2.11. The number of para-hydroxylation sites is 1. The van der Waals surface area contributed by atoms with Crippen LogP contribution in [0.3, 0.4) is 0 Å². The van der Waals surface area contributed by atoms with Gasteiger partial charge in [0, 0.05) is 11.4 Å². The minimum atomic E-state index is -1.47. The van der Waals surface area contributed by atoms with Crippen molar-refractivity contribution in [1.82, 2.24) is 0 Å². The fourth-order valence-corrected chi connectivity index (χ4v) is 2.55. The number of rotatable bonds is 3. The molecule has 0 atom stereocenters. The Bertz CT molecular complexity index is 505. The highest BCUT2D eigenvalue weighted by Crippen LogP contribution is 2.46. The van der Waals surface area contributed by atoms with Gasteiger partial charge in [0.05, 0.1) is 0 Å². The smallest absolute Gasteiger partial charge is 0.136 e. The van der Waals surface area contributed by atoms with E-state index in [-0.39, 0.29) is 0 Å². The molecular formula is C12H8Cl2FOP. The van der Waals surface area contributed by atoms with Gasteiger partial charge in [-0.2, -0.15) is 0 Å². The number of halogens is 3. The molecule has 88 valence electrons. The van der Waals surface area contributed by atoms with Crippen LogP contribution in [0.2, 0.25) is 0 Å². The van der Waals surface area contributed by atoms with E-state index >= 15 is 0 Å². The lowest BCUT2D eigenvalue weighted by Gasteiger charge is -2.08. The van der Waals surface area contributed by atoms with Crippen LogP contribution in [0.1, 0.15) is 0 Å². The standard InChI is InChI=1S/C12H8Cl2FOP/c13-17(14)12-7-6-10(8-11(12)15)16-9-4-2-1-3-5-9/h1-8H. The number of hydrogen-bond acceptors (Lipinski definition) is 1. The second-order valence-corrected chi connectivity index (χ2v) is 6.76. The van der Waals surface area contributed by atoms with Gasteiger partial charge in [0.25, 0.3) is 0 Å². The first kappa shape index (κ1) is 12.6. The second-order valence-electron chi connectivity index (χ2n) is 3.26. The third kappa shape index (κ3) is 3.32. The van der Waals surface area contributed by atoms with Gasteiger partial charge in [0.2, 0.25) is 0 Å². The molecule has 0 N–H and O–H groups in total. The van der Waals surface area contributed by atoms with E-state index in [2.05, 4.69) is 0 Å². The quantitative estimate of drug-likeness (QED) is 0.720. The third-order valence-electron chi connectivity index (χ3n) is 2.08. The molecule has 0 radical (unpaired) electrons. The van der Waals surface area contributed by atoms with E-state index in [4.69, 9.17) is 27.2 Å². The largest absolute Gasteiger partial charge is 0.457 e. The molecule has 0 bridgehead atoms. The molecule has 0 aromatic heterocycles. The van der Waals surface area contributed by atoms with E-state index in [1.165, 1.54) is 6.07 Å². The van der Waals surface area contributed by atoms with Crippen LogP contribution in [0.4, 0.5) is 4.39 Å². The summed E-state index contributed by atoms with van der Waals surface area (Å²) in [6.07, 6.45) is 0. The minimum absolute atomic E-state index is 0.309. The number of ether oxygens (including phenoxy) is 1. The zero-order valence-corrected chi connectivity index (χ0v) is 11.0. The highest BCUT2D eigenvalue weighted by atomic mass is 35.9. The molecule has 0 aliphatic heterocycles. The summed E-state index contributed by atoms with van der Waals surface area (Å²) in [6, 6.07) is 13.6. The predicted molar refractivity (Wildman–Crippen MR) is 71.2 cm³/mol. The molecule has 17 heavy (non-hydrogen) atoms. The van der Waals surface area contributed by atoms with Crippen molar-refractivity contribution in [3.8, 4) is 11.5 Å². The van der Waals surface area contributed by atoms with E-state index < -0.39 is 12.4 Å². The highest BCUT2D eigenvalue weighted by molar-refractivity contribution is 8.08. The van der Waals surface area contributed by atoms with Crippen molar-refractivity contribution in [2.75, 3.05) is 0 Å². The first-order valence-electron chi connectivity index (χ1n) is 4.81. The van der Waals surface area contributed by atoms with Crippen molar-refractivity contribution in [2.45, 2.75) is 0 Å². The van der Waals surface area contributed by atoms with Gasteiger partial charge in [-0.05, 0) is 24.3 Å². The summed E-state index contributed by atoms with van der Waals surface area (Å²) in [4.78, 5) is 0. The van der Waals surface area contributed by atoms with Crippen LogP contribution < -0.4 is 10.0 Å². The Balaban J connectivity index is 2.21. The van der Waals surface area contributed by atoms with E-state index in [0.717, 1.165) is 0 Å². The summed E-state index contributed by atoms with van der Waals surface area (Å²) in [7, 11) is 0. The summed E-state index contributed by atoms with van der Waals surface area (Å²) >= 11 is 11.3. The van der Waals surface area contributed by atoms with E-state index in [1.54, 1.807) is 24.3 Å². The zero-order chi connectivity index (χ0) is 12.3. The van der Waals surface area contributed by atoms with Gasteiger partial charge in [0.1, 0.15) is 23.9 Å². The second kappa shape index (κ2) is 5.68. The Labute approximate surface area is 109 Å². The molecule has 1 nitrogen and oxygen atoms in total. The normalized spacial score (nSPS) is 10.6. The van der Waals surface area contributed by atoms with Crippen molar-refractivity contribution in [2.24, 2.45) is 0 Å². The lowest BCUT2D eigenvalue weighted by atomic mass is 10.3. The Morgan fingerprint density at radius 1 is 0.941 bits per heavy atom. The molecule has 0 saturated carbocycles. The van der Waals surface area contributed by atoms with Crippen LogP contribution in [0, 0.1) is 5.82 Å². The molecule has 0 amide bonds. The van der Waals surface area contributed by atoms with Crippen LogP contribution in [-0.2, 0) is 0 Å². The van der Waals surface area contributed by atoms with Gasteiger partial charge >= 0.3 is 0 Å². The van der Waals surface area contributed by atoms with Crippen molar-refractivity contribution >= 4 is 34.4 Å². The van der Waals surface area contributed by atoms with Crippen molar-refractivity contribution in [3.05, 3.63) is 54.3 Å². The zero-order valence-electron chi connectivity index (χ0n) is 8.61. The van der Waals surface area contributed by atoms with Crippen molar-refractivity contribution < 1.29 is 9.13 Å². The molecule has 0 aliphatic carbocycles. The summed E-state index contributed by atoms with van der Waals surface area (Å²) < 4.78 is 19.0. The topological polar surface area (TPSA) is 9.23 Å². The summed E-state index contributed by atoms with van der Waals surface area (Å²) in [5, 5.41) is 0.309. The van der Waals surface area contributed by atoms with Crippen LogP contribution in [0.15, 0.2) is 48.5 Å². The lowest BCUT2D eigenvalue weighted by Crippen LogP contribution is -2.01. The molecular weight excluding hydrogens is 281 g/mol. The van der Waals surface area contributed by atoms with Gasteiger partial charge in [-0.3, -0.25) is 0 Å². The molecule has 2 aromatic rings. The molecule has 0 spiro atoms. The van der Waals surface area contributed by atoms with Gasteiger partial charge in [-0.1, -0.05) is 40.7 Å². The maximum Gasteiger partial charge on any atom is 0.136 e. The molecule has 2 rings (SSSR count). The summed E-state index contributed by atoms with van der Waals surface area (Å²) in [5.41, 5.74) is 0. The van der Waals surface area contributed by atoms with E-state index in [9.17, 15) is 4.39 Å². The van der Waals surface area contributed by atoms with E-state index in [1.807, 2.05) is 18.2 Å². The van der Waals surface area contributed by atoms with Gasteiger partial charge in [-0.15, -0.1) is 0 Å². The Morgan fingerprint density at radius 3 is 2.24 bits per heavy atom. The Hall–Kier alpha value is -0.820. The van der Waals surface area contributed by atoms with Gasteiger partial charge < -0.3 is 4.74 Å². The van der Waals surface area contributed by atoms with Crippen molar-refractivity contribution in [1.29, 1.82) is 0 Å². The fourth-order valence-electron chi connectivity index (χ4n) is 1.31. The lowest BCUT2D eigenvalue weighted by molar-refractivity contribution is 0.477. The molecule has 5 heteroatoms. The van der Waals surface area contributed by atoms with Crippen LogP contribution in [0.5, 0.6) is 11.5 Å². The maximum atomic E-state index is 13.6. The van der Waals surface area contributed by atoms with Gasteiger partial charge in [0.15, 0.2) is 0 Å². The van der Waals surface area contributed by atoms with Crippen LogP contribution in [0.25, 0.3) is 0 Å². The molecule has 0 fully saturated rings. The summed E-state index contributed by atoms with van der Waals surface area (Å²) in [5.74, 6) is 0.621. The molecule has 0 aliphatic rings. The number of hydrogen-bond donors (Lipinski definition) is 0. The molecule has 2 aromatic carbocycles. The van der Waals surface area contributed by atoms with Crippen LogP contribution >= 0.6 is 29.1 Å². The van der Waals surface area contributed by atoms with Crippen LogP contribution in [-0.4, -0.2) is 0 Å². The fraction of sp³-hybridized carbons (Fsp3) is 0. The predicted octanol–water partition coefficient (Wildman–Crippen LogP) is 5.03. The molecule has 0 unspecified atom stereocenters. The first-order valence-corrected chi connectivity index (χ1v) is 7.96. The average Bonchev–Trinajstić information content (AvgIpc) is 2.30. The number of benzene rings is 2. The maximum absolute atomic E-state index is 13.6. The average molecular weight is 289 g/mol. The minimum Gasteiger partial charge on any atom is -0.457 e. The summed E-state index contributed by atoms with van der Waals surface area (Å²) in [6.45, 7) is -1.47. The Kier molecular flexibility index (Phi) is 4.22. The van der Waals surface area contributed by atoms with Gasteiger partial charge in [-0.25, -0.2) is 4.39 Å². The van der Waals surface area contributed by atoms with E-state index in [0.29, 0.717) is 16.8 Å². The molecule has 0 saturated heterocycles. The Morgan fingerprint density at radius 2 is 1.65 bits per heavy atom. The van der Waals surface area contributed by atoms with Crippen molar-refractivity contribution in [3.63, 3.8) is 0 Å².